The summed E-state index contributed by atoms with van der Waals surface area (Å²) in [5.74, 6) is -1.07. The second-order valence-electron chi connectivity index (χ2n) is 6.37. The minimum atomic E-state index is -1.22. The first-order valence-electron chi connectivity index (χ1n) is 8.98. The van der Waals surface area contributed by atoms with Crippen molar-refractivity contribution in [1.29, 1.82) is 0 Å². The average molecular weight is 366 g/mol. The van der Waals surface area contributed by atoms with E-state index in [9.17, 15) is 14.7 Å². The molecule has 1 amide bonds. The van der Waals surface area contributed by atoms with E-state index in [1.165, 1.54) is 12.0 Å². The highest BCUT2D eigenvalue weighted by Crippen LogP contribution is 2.23. The van der Waals surface area contributed by atoms with Gasteiger partial charge in [0, 0.05) is 6.42 Å². The summed E-state index contributed by atoms with van der Waals surface area (Å²) in [5.41, 5.74) is 0.521. The van der Waals surface area contributed by atoms with Crippen molar-refractivity contribution in [1.82, 2.24) is 0 Å². The van der Waals surface area contributed by atoms with Gasteiger partial charge in [0.2, 0.25) is 5.91 Å². The number of methoxy groups -OCH3 is 1. The molecule has 1 saturated heterocycles. The number of nitrogens with one attached hydrogen (secondary N) is 2. The molecular weight excluding hydrogens is 338 g/mol. The lowest BCUT2D eigenvalue weighted by Crippen LogP contribution is -3.14. The zero-order chi connectivity index (χ0) is 18.8. The molecule has 1 aromatic carbocycles. The first-order valence-corrected chi connectivity index (χ1v) is 8.98. The van der Waals surface area contributed by atoms with Crippen LogP contribution in [0.4, 0.5) is 5.69 Å². The van der Waals surface area contributed by atoms with Crippen LogP contribution in [0.2, 0.25) is 0 Å². The average Bonchev–Trinajstić information content (AvgIpc) is 2.65. The number of morpholine rings is 1. The van der Waals surface area contributed by atoms with Gasteiger partial charge in [0.25, 0.3) is 0 Å². The Hall–Kier alpha value is -2.16. The van der Waals surface area contributed by atoms with Gasteiger partial charge in [0.1, 0.15) is 24.9 Å². The third kappa shape index (κ3) is 6.62. The fourth-order valence-corrected chi connectivity index (χ4v) is 2.99. The van der Waals surface area contributed by atoms with Gasteiger partial charge < -0.3 is 34.9 Å². The Balaban J connectivity index is 1.75. The number of hydrogen-bond donors (Lipinski definition) is 3. The van der Waals surface area contributed by atoms with Crippen molar-refractivity contribution >= 4 is 17.6 Å². The Morgan fingerprint density at radius 1 is 1.35 bits per heavy atom. The number of carboxylic acid groups (broad SMARTS) is 1. The summed E-state index contributed by atoms with van der Waals surface area (Å²) < 4.78 is 10.5. The van der Waals surface area contributed by atoms with Crippen LogP contribution in [0.1, 0.15) is 12.8 Å². The highest BCUT2D eigenvalue weighted by Gasteiger charge is 2.20. The molecule has 0 bridgehead atoms. The standard InChI is InChI=1S/C18H27N3O5/c1-25-16-6-3-2-5-14(16)20-17(22)13-15(18(23)24)19-7-4-8-21-9-11-26-12-10-21/h2-3,5-6,15,19H,4,7-13H2,1H3,(H,20,22)(H,23,24)/p+1/t15-/m0/s1. The van der Waals surface area contributed by atoms with E-state index >= 15 is 0 Å². The second-order valence-corrected chi connectivity index (χ2v) is 6.37. The number of ether oxygens (including phenoxy) is 2. The lowest BCUT2D eigenvalue weighted by Gasteiger charge is -2.23. The van der Waals surface area contributed by atoms with Gasteiger partial charge in [-0.15, -0.1) is 0 Å². The maximum absolute atomic E-state index is 12.2. The van der Waals surface area contributed by atoms with Crippen LogP contribution in [0, 0.1) is 0 Å². The van der Waals surface area contributed by atoms with Gasteiger partial charge >= 0.3 is 0 Å². The normalized spacial score (nSPS) is 16.0. The van der Waals surface area contributed by atoms with E-state index in [1.54, 1.807) is 29.6 Å². The third-order valence-corrected chi connectivity index (χ3v) is 4.47. The monoisotopic (exact) mass is 366 g/mol. The second kappa shape index (κ2) is 10.7. The van der Waals surface area contributed by atoms with E-state index in [2.05, 4.69) is 5.32 Å². The van der Waals surface area contributed by atoms with E-state index < -0.39 is 12.0 Å². The van der Waals surface area contributed by atoms with Crippen molar-refractivity contribution in [2.24, 2.45) is 0 Å². The molecule has 8 nitrogen and oxygen atoms in total. The summed E-state index contributed by atoms with van der Waals surface area (Å²) in [6.45, 7) is 5.17. The smallest absolute Gasteiger partial charge is 0.230 e. The van der Waals surface area contributed by atoms with Gasteiger partial charge in [-0.05, 0) is 12.1 Å². The van der Waals surface area contributed by atoms with E-state index in [1.807, 2.05) is 0 Å². The molecule has 8 heteroatoms. The molecule has 2 rings (SSSR count). The number of benzene rings is 1. The zero-order valence-corrected chi connectivity index (χ0v) is 15.2. The van der Waals surface area contributed by atoms with Crippen LogP contribution in [0.5, 0.6) is 5.75 Å². The van der Waals surface area contributed by atoms with Gasteiger partial charge in [-0.25, -0.2) is 0 Å². The van der Waals surface area contributed by atoms with Crippen LogP contribution >= 0.6 is 0 Å². The molecule has 144 valence electrons. The fourth-order valence-electron chi connectivity index (χ4n) is 2.99. The molecule has 0 radical (unpaired) electrons. The largest absolute Gasteiger partial charge is 0.544 e. The summed E-state index contributed by atoms with van der Waals surface area (Å²) in [4.78, 5) is 25.0. The molecule has 0 spiro atoms. The molecule has 1 atom stereocenters. The van der Waals surface area contributed by atoms with Gasteiger partial charge in [0.15, 0.2) is 0 Å². The molecule has 26 heavy (non-hydrogen) atoms. The summed E-state index contributed by atoms with van der Waals surface area (Å²) in [7, 11) is 1.51. The molecule has 0 aliphatic carbocycles. The lowest BCUT2D eigenvalue weighted by molar-refractivity contribution is -0.909. The number of aliphatic carboxylic acids is 1. The van der Waals surface area contributed by atoms with Gasteiger partial charge in [0.05, 0.1) is 51.5 Å². The number of carboxylic acids is 1. The Morgan fingerprint density at radius 2 is 2.08 bits per heavy atom. The quantitative estimate of drug-likeness (QED) is 0.383. The van der Waals surface area contributed by atoms with Gasteiger partial charge in [-0.2, -0.15) is 0 Å². The summed E-state index contributed by atoms with van der Waals surface area (Å²) in [5, 5.41) is 15.7. The number of quaternary nitrogens is 2. The van der Waals surface area contributed by atoms with Crippen LogP contribution in [-0.4, -0.2) is 64.4 Å². The summed E-state index contributed by atoms with van der Waals surface area (Å²) in [6.07, 6.45) is 0.734. The molecule has 0 unspecified atom stereocenters. The van der Waals surface area contributed by atoms with Crippen LogP contribution in [-0.2, 0) is 14.3 Å². The van der Waals surface area contributed by atoms with Crippen LogP contribution in [0.3, 0.4) is 0 Å². The SMILES string of the molecule is COc1ccccc1NC(=O)C[C@H]([NH2+]CCC[NH+]1CCOCC1)C(=O)[O-]. The van der Waals surface area contributed by atoms with E-state index in [0.29, 0.717) is 18.0 Å². The van der Waals surface area contributed by atoms with Crippen molar-refractivity contribution in [3.05, 3.63) is 24.3 Å². The highest BCUT2D eigenvalue weighted by atomic mass is 16.5. The first-order chi connectivity index (χ1) is 12.6. The Morgan fingerprint density at radius 3 is 2.77 bits per heavy atom. The zero-order valence-electron chi connectivity index (χ0n) is 15.2. The molecule has 1 heterocycles. The van der Waals surface area contributed by atoms with Crippen molar-refractivity contribution in [2.75, 3.05) is 51.8 Å². The minimum Gasteiger partial charge on any atom is -0.544 e. The van der Waals surface area contributed by atoms with Crippen molar-refractivity contribution in [3.63, 3.8) is 0 Å². The van der Waals surface area contributed by atoms with E-state index in [4.69, 9.17) is 9.47 Å². The van der Waals surface area contributed by atoms with Crippen LogP contribution < -0.4 is 25.4 Å². The van der Waals surface area contributed by atoms with Crippen molar-refractivity contribution < 1.29 is 34.4 Å². The Bertz CT molecular complexity index is 590. The number of anilines is 1. The molecule has 1 aromatic rings. The predicted octanol–water partition coefficient (Wildman–Crippen LogP) is -2.99. The fraction of sp³-hybridized carbons (Fsp3) is 0.556. The first kappa shape index (κ1) is 20.2. The number of rotatable bonds is 10. The number of carbonyl (C=O) groups is 2. The minimum absolute atomic E-state index is 0.148. The molecule has 4 N–H and O–H groups in total. The Labute approximate surface area is 153 Å². The number of para-hydroxylation sites is 2. The number of amides is 1. The van der Waals surface area contributed by atoms with Gasteiger partial charge in [-0.3, -0.25) is 4.79 Å². The molecule has 0 aromatic heterocycles. The molecule has 0 saturated carbocycles. The summed E-state index contributed by atoms with van der Waals surface area (Å²) in [6, 6.07) is 6.10. The van der Waals surface area contributed by atoms with E-state index in [0.717, 1.165) is 39.3 Å². The van der Waals surface area contributed by atoms with Crippen molar-refractivity contribution in [3.8, 4) is 5.75 Å². The maximum atomic E-state index is 12.2. The molecule has 1 aliphatic heterocycles. The number of nitrogens with two attached hydrogens (primary N) is 1. The maximum Gasteiger partial charge on any atom is 0.230 e. The molecule has 1 aliphatic rings. The number of carbonyl (C=O) groups excluding carboxylic acids is 2. The Kier molecular flexibility index (Phi) is 8.33. The number of hydrogen-bond acceptors (Lipinski definition) is 5. The lowest BCUT2D eigenvalue weighted by atomic mass is 10.2. The topological polar surface area (TPSA) is 109 Å². The summed E-state index contributed by atoms with van der Waals surface area (Å²) >= 11 is 0. The molecule has 1 fully saturated rings. The van der Waals surface area contributed by atoms with Crippen molar-refractivity contribution in [2.45, 2.75) is 18.9 Å². The predicted molar refractivity (Wildman–Crippen MR) is 92.8 cm³/mol. The highest BCUT2D eigenvalue weighted by molar-refractivity contribution is 5.94. The third-order valence-electron chi connectivity index (χ3n) is 4.47. The van der Waals surface area contributed by atoms with Crippen LogP contribution in [0.15, 0.2) is 24.3 Å². The van der Waals surface area contributed by atoms with Gasteiger partial charge in [-0.1, -0.05) is 12.1 Å². The molecular formula is C18H28N3O5+. The van der Waals surface area contributed by atoms with Crippen LogP contribution in [0.25, 0.3) is 0 Å². The van der Waals surface area contributed by atoms with E-state index in [-0.39, 0.29) is 12.3 Å².